The smallest absolute Gasteiger partial charge is 0.306 e. The molecule has 0 spiro atoms. The molecule has 0 atom stereocenters. The lowest BCUT2D eigenvalue weighted by Gasteiger charge is -2.38. The largest absolute Gasteiger partial charge is 0.481 e. The normalized spacial score (nSPS) is 35.1. The molecule has 2 aliphatic rings. The van der Waals surface area contributed by atoms with Crippen molar-refractivity contribution < 1.29 is 19.7 Å². The number of hydrogen-bond donors (Lipinski definition) is 2. The molecule has 0 aromatic heterocycles. The van der Waals surface area contributed by atoms with E-state index < -0.39 is 11.6 Å². The van der Waals surface area contributed by atoms with Crippen molar-refractivity contribution in [1.82, 2.24) is 4.90 Å². The lowest BCUT2D eigenvalue weighted by Crippen LogP contribution is -2.46. The van der Waals surface area contributed by atoms with E-state index in [0.29, 0.717) is 32.2 Å². The number of hydrogen-bond acceptors (Lipinski definition) is 4. The van der Waals surface area contributed by atoms with E-state index in [1.54, 1.807) is 0 Å². The Morgan fingerprint density at radius 2 is 2.00 bits per heavy atom. The zero-order chi connectivity index (χ0) is 13.0. The van der Waals surface area contributed by atoms with Crippen molar-refractivity contribution in [3.63, 3.8) is 0 Å². The molecule has 5 nitrogen and oxygen atoms in total. The molecule has 0 aromatic carbocycles. The van der Waals surface area contributed by atoms with E-state index in [1.807, 2.05) is 0 Å². The van der Waals surface area contributed by atoms with E-state index in [2.05, 4.69) is 4.90 Å². The number of aliphatic hydroxyl groups is 1. The first-order chi connectivity index (χ1) is 8.59. The van der Waals surface area contributed by atoms with E-state index in [0.717, 1.165) is 32.7 Å². The first-order valence-electron chi connectivity index (χ1n) is 6.84. The van der Waals surface area contributed by atoms with Crippen LogP contribution in [-0.2, 0) is 9.53 Å². The molecule has 0 amide bonds. The van der Waals surface area contributed by atoms with Crippen LogP contribution >= 0.6 is 0 Å². The van der Waals surface area contributed by atoms with Crippen LogP contribution < -0.4 is 0 Å². The van der Waals surface area contributed by atoms with Crippen LogP contribution in [0.3, 0.4) is 0 Å². The van der Waals surface area contributed by atoms with Gasteiger partial charge >= 0.3 is 5.97 Å². The maximum absolute atomic E-state index is 10.9. The number of carbonyl (C=O) groups is 1. The number of nitrogens with zero attached hydrogens (tertiary/aromatic N) is 1. The zero-order valence-corrected chi connectivity index (χ0v) is 10.8. The fourth-order valence-electron chi connectivity index (χ4n) is 2.93. The monoisotopic (exact) mass is 257 g/mol. The van der Waals surface area contributed by atoms with E-state index in [9.17, 15) is 9.90 Å². The van der Waals surface area contributed by atoms with Crippen LogP contribution in [0.15, 0.2) is 0 Å². The number of β-amino-alcohol motifs (C(OH)–C–C–N with tert-alkyl or cyclic N) is 1. The summed E-state index contributed by atoms with van der Waals surface area (Å²) >= 11 is 0. The molecule has 0 unspecified atom stereocenters. The van der Waals surface area contributed by atoms with Crippen molar-refractivity contribution >= 4 is 5.97 Å². The first kappa shape index (κ1) is 13.8. The summed E-state index contributed by atoms with van der Waals surface area (Å²) in [4.78, 5) is 13.1. The maximum Gasteiger partial charge on any atom is 0.306 e. The average Bonchev–Trinajstić information content (AvgIpc) is 2.57. The van der Waals surface area contributed by atoms with Gasteiger partial charge in [-0.25, -0.2) is 0 Å². The summed E-state index contributed by atoms with van der Waals surface area (Å²) in [6.07, 6.45) is 3.39. The second-order valence-corrected chi connectivity index (χ2v) is 5.58. The van der Waals surface area contributed by atoms with E-state index >= 15 is 0 Å². The molecular weight excluding hydrogens is 234 g/mol. The highest BCUT2D eigenvalue weighted by molar-refractivity contribution is 5.70. The molecule has 2 rings (SSSR count). The third kappa shape index (κ3) is 3.67. The quantitative estimate of drug-likeness (QED) is 0.779. The van der Waals surface area contributed by atoms with Crippen LogP contribution in [-0.4, -0.2) is 59.5 Å². The van der Waals surface area contributed by atoms with Gasteiger partial charge in [-0.1, -0.05) is 0 Å². The zero-order valence-electron chi connectivity index (χ0n) is 10.8. The van der Waals surface area contributed by atoms with Crippen LogP contribution in [0.5, 0.6) is 0 Å². The number of carboxylic acids is 1. The molecular formula is C13H23NO4. The minimum atomic E-state index is -0.722. The highest BCUT2D eigenvalue weighted by Gasteiger charge is 2.37. The van der Waals surface area contributed by atoms with Gasteiger partial charge in [0.05, 0.1) is 18.1 Å². The molecule has 1 heterocycles. The van der Waals surface area contributed by atoms with E-state index in [1.165, 1.54) is 0 Å². The van der Waals surface area contributed by atoms with Crippen LogP contribution in [0.1, 0.15) is 32.1 Å². The number of carboxylic acid groups (broad SMARTS) is 1. The molecule has 2 N–H and O–H groups in total. The molecule has 5 heteroatoms. The third-order valence-electron chi connectivity index (χ3n) is 4.10. The van der Waals surface area contributed by atoms with Crippen LogP contribution in [0.4, 0.5) is 0 Å². The summed E-state index contributed by atoms with van der Waals surface area (Å²) in [5.41, 5.74) is -0.698. The van der Waals surface area contributed by atoms with Crippen molar-refractivity contribution in [1.29, 1.82) is 0 Å². The Morgan fingerprint density at radius 3 is 2.67 bits per heavy atom. The van der Waals surface area contributed by atoms with Crippen LogP contribution in [0, 0.1) is 5.92 Å². The van der Waals surface area contributed by atoms with Crippen molar-refractivity contribution in [2.75, 3.05) is 32.8 Å². The molecule has 1 aliphatic carbocycles. The van der Waals surface area contributed by atoms with Gasteiger partial charge in [-0.05, 0) is 32.1 Å². The summed E-state index contributed by atoms with van der Waals surface area (Å²) in [7, 11) is 0. The third-order valence-corrected chi connectivity index (χ3v) is 4.10. The van der Waals surface area contributed by atoms with Crippen molar-refractivity contribution in [3.05, 3.63) is 0 Å². The van der Waals surface area contributed by atoms with Crippen LogP contribution in [0.25, 0.3) is 0 Å². The highest BCUT2D eigenvalue weighted by atomic mass is 16.5. The Hall–Kier alpha value is -0.650. The van der Waals surface area contributed by atoms with Gasteiger partial charge in [-0.2, -0.15) is 0 Å². The molecule has 0 radical (unpaired) electrons. The summed E-state index contributed by atoms with van der Waals surface area (Å²) in [6, 6.07) is 0. The van der Waals surface area contributed by atoms with Gasteiger partial charge in [-0.15, -0.1) is 0 Å². The van der Waals surface area contributed by atoms with Gasteiger partial charge in [0.25, 0.3) is 0 Å². The Kier molecular flexibility index (Phi) is 4.59. The van der Waals surface area contributed by atoms with Gasteiger partial charge in [0.2, 0.25) is 0 Å². The predicted octanol–water partition coefficient (Wildman–Crippen LogP) is 0.715. The van der Waals surface area contributed by atoms with E-state index in [4.69, 9.17) is 9.84 Å². The Bertz CT molecular complexity index is 279. The molecule has 104 valence electrons. The lowest BCUT2D eigenvalue weighted by molar-refractivity contribution is -0.145. The summed E-state index contributed by atoms with van der Waals surface area (Å²) in [5, 5.41) is 19.5. The van der Waals surface area contributed by atoms with Crippen LogP contribution in [0.2, 0.25) is 0 Å². The number of rotatable bonds is 3. The first-order valence-corrected chi connectivity index (χ1v) is 6.84. The fourth-order valence-corrected chi connectivity index (χ4v) is 2.93. The molecule has 1 aliphatic heterocycles. The minimum Gasteiger partial charge on any atom is -0.481 e. The molecule has 1 saturated carbocycles. The summed E-state index contributed by atoms with van der Waals surface area (Å²) in [6.45, 7) is 4.02. The Morgan fingerprint density at radius 1 is 1.28 bits per heavy atom. The van der Waals surface area contributed by atoms with Gasteiger partial charge in [0, 0.05) is 26.2 Å². The standard InChI is InChI=1S/C13H23NO4/c15-12(16)11-2-4-13(17,5-3-11)10-14-6-1-8-18-9-7-14/h11,17H,1-10H2,(H,15,16). The Balaban J connectivity index is 1.83. The fraction of sp³-hybridized carbons (Fsp3) is 0.923. The highest BCUT2D eigenvalue weighted by Crippen LogP contribution is 2.33. The molecule has 18 heavy (non-hydrogen) atoms. The van der Waals surface area contributed by atoms with Crippen molar-refractivity contribution in [3.8, 4) is 0 Å². The van der Waals surface area contributed by atoms with Gasteiger partial charge in [0.15, 0.2) is 0 Å². The maximum atomic E-state index is 10.9. The van der Waals surface area contributed by atoms with Crippen molar-refractivity contribution in [2.45, 2.75) is 37.7 Å². The van der Waals surface area contributed by atoms with Gasteiger partial charge < -0.3 is 14.9 Å². The number of aliphatic carboxylic acids is 1. The number of ether oxygens (including phenoxy) is 1. The molecule has 0 aromatic rings. The predicted molar refractivity (Wildman–Crippen MR) is 66.4 cm³/mol. The van der Waals surface area contributed by atoms with Gasteiger partial charge in [-0.3, -0.25) is 9.69 Å². The molecule has 0 bridgehead atoms. The second kappa shape index (κ2) is 5.99. The molecule has 2 fully saturated rings. The van der Waals surface area contributed by atoms with Gasteiger partial charge in [0.1, 0.15) is 0 Å². The Labute approximate surface area is 108 Å². The topological polar surface area (TPSA) is 70.0 Å². The minimum absolute atomic E-state index is 0.266. The average molecular weight is 257 g/mol. The summed E-state index contributed by atoms with van der Waals surface area (Å²) in [5.74, 6) is -0.988. The SMILES string of the molecule is O=C(O)C1CCC(O)(CN2CCCOCC2)CC1. The van der Waals surface area contributed by atoms with Crippen molar-refractivity contribution in [2.24, 2.45) is 5.92 Å². The molecule has 1 saturated heterocycles. The lowest BCUT2D eigenvalue weighted by atomic mass is 9.78. The summed E-state index contributed by atoms with van der Waals surface area (Å²) < 4.78 is 5.39. The van der Waals surface area contributed by atoms with E-state index in [-0.39, 0.29) is 5.92 Å². The second-order valence-electron chi connectivity index (χ2n) is 5.58.